The lowest BCUT2D eigenvalue weighted by atomic mass is 9.97. The van der Waals surface area contributed by atoms with Gasteiger partial charge in [-0.05, 0) is 50.3 Å². The minimum Gasteiger partial charge on any atom is -0.389 e. The molecule has 1 aromatic carbocycles. The summed E-state index contributed by atoms with van der Waals surface area (Å²) in [5.74, 6) is -0.0393. The topological polar surface area (TPSA) is 54.4 Å². The molecule has 3 nitrogen and oxygen atoms in total. The molecule has 0 spiro atoms. The fraction of sp³-hybridized carbons (Fsp3) is 0.619. The number of aliphatic hydroxyl groups is 1. The number of benzene rings is 1. The van der Waals surface area contributed by atoms with Gasteiger partial charge in [0.15, 0.2) is 0 Å². The van der Waals surface area contributed by atoms with E-state index in [0.717, 1.165) is 44.1 Å². The van der Waals surface area contributed by atoms with Crippen LogP contribution in [0.2, 0.25) is 0 Å². The molecule has 0 aromatic heterocycles. The Kier molecular flexibility index (Phi) is 9.44. The predicted octanol–water partition coefficient (Wildman–Crippen LogP) is 5.42. The second-order valence-electron chi connectivity index (χ2n) is 6.84. The van der Waals surface area contributed by atoms with Crippen LogP contribution in [-0.4, -0.2) is 19.6 Å². The molecule has 2 atom stereocenters. The second-order valence-corrected chi connectivity index (χ2v) is 8.79. The average molecular weight is 367 g/mol. The molecule has 0 radical (unpaired) electrons. The number of sulfone groups is 1. The van der Waals surface area contributed by atoms with E-state index in [2.05, 4.69) is 13.8 Å². The highest BCUT2D eigenvalue weighted by molar-refractivity contribution is 7.95. The Morgan fingerprint density at radius 2 is 1.60 bits per heavy atom. The number of allylic oxidation sites excluding steroid dienone is 1. The summed E-state index contributed by atoms with van der Waals surface area (Å²) in [7, 11) is -3.58. The van der Waals surface area contributed by atoms with Gasteiger partial charge in [0.1, 0.15) is 0 Å². The van der Waals surface area contributed by atoms with Crippen molar-refractivity contribution in [2.75, 3.05) is 0 Å². The summed E-state index contributed by atoms with van der Waals surface area (Å²) in [5, 5.41) is 10.3. The molecule has 0 saturated heterocycles. The van der Waals surface area contributed by atoms with Crippen molar-refractivity contribution in [3.05, 3.63) is 40.8 Å². The summed E-state index contributed by atoms with van der Waals surface area (Å²) in [6.45, 7) is 8.15. The molecule has 1 aromatic rings. The van der Waals surface area contributed by atoms with Gasteiger partial charge in [-0.3, -0.25) is 0 Å². The number of aliphatic hydroxyl groups excluding tert-OH is 1. The first kappa shape index (κ1) is 21.9. The summed E-state index contributed by atoms with van der Waals surface area (Å²) in [5.41, 5.74) is 1.03. The SMILES string of the molecule is CCCC[C@H](CC)/C(=C/[C@@H](O)CCCC)S(=O)(=O)c1ccc(C)cc1. The molecule has 142 valence electrons. The van der Waals surface area contributed by atoms with Gasteiger partial charge in [0.2, 0.25) is 9.84 Å². The largest absolute Gasteiger partial charge is 0.389 e. The molecule has 0 amide bonds. The monoisotopic (exact) mass is 366 g/mol. The highest BCUT2D eigenvalue weighted by atomic mass is 32.2. The lowest BCUT2D eigenvalue weighted by molar-refractivity contribution is 0.207. The molecular weight excluding hydrogens is 332 g/mol. The zero-order chi connectivity index (χ0) is 18.9. The standard InChI is InChI=1S/C21H34O3S/c1-5-8-10-18(7-3)21(16-19(22)11-9-6-2)25(23,24)20-14-12-17(4)13-15-20/h12-16,18-19,22H,5-11H2,1-4H3/b21-16-/t18-,19-/m0/s1. The van der Waals surface area contributed by atoms with Crippen LogP contribution in [0.5, 0.6) is 0 Å². The quantitative estimate of drug-likeness (QED) is 0.569. The van der Waals surface area contributed by atoms with Crippen LogP contribution in [0.4, 0.5) is 0 Å². The van der Waals surface area contributed by atoms with E-state index < -0.39 is 15.9 Å². The van der Waals surface area contributed by atoms with E-state index in [1.165, 1.54) is 0 Å². The number of unbranched alkanes of at least 4 members (excludes halogenated alkanes) is 2. The van der Waals surface area contributed by atoms with E-state index in [4.69, 9.17) is 0 Å². The van der Waals surface area contributed by atoms with E-state index in [-0.39, 0.29) is 5.92 Å². The third-order valence-electron chi connectivity index (χ3n) is 4.65. The van der Waals surface area contributed by atoms with Gasteiger partial charge >= 0.3 is 0 Å². The van der Waals surface area contributed by atoms with E-state index in [1.54, 1.807) is 18.2 Å². The molecule has 0 fully saturated rings. The van der Waals surface area contributed by atoms with Crippen LogP contribution in [0.1, 0.15) is 71.3 Å². The summed E-state index contributed by atoms with van der Waals surface area (Å²) in [6, 6.07) is 6.99. The van der Waals surface area contributed by atoms with E-state index in [1.807, 2.05) is 26.0 Å². The molecule has 0 aliphatic heterocycles. The highest BCUT2D eigenvalue weighted by Crippen LogP contribution is 2.32. The maximum absolute atomic E-state index is 13.2. The molecule has 0 aliphatic rings. The first-order valence-corrected chi connectivity index (χ1v) is 11.1. The molecule has 0 heterocycles. The van der Waals surface area contributed by atoms with Crippen molar-refractivity contribution in [2.24, 2.45) is 5.92 Å². The number of aryl methyl sites for hydroxylation is 1. The molecular formula is C21H34O3S. The van der Waals surface area contributed by atoms with Crippen LogP contribution >= 0.6 is 0 Å². The van der Waals surface area contributed by atoms with E-state index in [9.17, 15) is 13.5 Å². The van der Waals surface area contributed by atoms with Gasteiger partial charge in [-0.25, -0.2) is 8.42 Å². The zero-order valence-corrected chi connectivity index (χ0v) is 17.0. The molecule has 0 bridgehead atoms. The molecule has 0 unspecified atom stereocenters. The predicted molar refractivity (Wildman–Crippen MR) is 105 cm³/mol. The van der Waals surface area contributed by atoms with Gasteiger partial charge in [-0.15, -0.1) is 0 Å². The Bertz CT molecular complexity index is 630. The van der Waals surface area contributed by atoms with Crippen molar-refractivity contribution in [1.82, 2.24) is 0 Å². The first-order valence-electron chi connectivity index (χ1n) is 9.58. The maximum atomic E-state index is 13.2. The Morgan fingerprint density at radius 1 is 1.04 bits per heavy atom. The normalized spacial score (nSPS) is 15.2. The van der Waals surface area contributed by atoms with Crippen LogP contribution in [-0.2, 0) is 9.84 Å². The lowest BCUT2D eigenvalue weighted by Crippen LogP contribution is -2.17. The minimum absolute atomic E-state index is 0.0393. The summed E-state index contributed by atoms with van der Waals surface area (Å²) >= 11 is 0. The maximum Gasteiger partial charge on any atom is 0.202 e. The molecule has 1 rings (SSSR count). The van der Waals surface area contributed by atoms with Crippen LogP contribution < -0.4 is 0 Å². The number of hydrogen-bond acceptors (Lipinski definition) is 3. The Hall–Kier alpha value is -1.13. The smallest absolute Gasteiger partial charge is 0.202 e. The Balaban J connectivity index is 3.27. The van der Waals surface area contributed by atoms with Gasteiger partial charge in [-0.2, -0.15) is 0 Å². The van der Waals surface area contributed by atoms with Crippen molar-refractivity contribution in [3.63, 3.8) is 0 Å². The minimum atomic E-state index is -3.58. The third-order valence-corrected chi connectivity index (χ3v) is 6.64. The zero-order valence-electron chi connectivity index (χ0n) is 16.2. The first-order chi connectivity index (χ1) is 11.9. The highest BCUT2D eigenvalue weighted by Gasteiger charge is 2.27. The van der Waals surface area contributed by atoms with Gasteiger partial charge in [0.05, 0.1) is 15.9 Å². The van der Waals surface area contributed by atoms with Crippen molar-refractivity contribution in [1.29, 1.82) is 0 Å². The van der Waals surface area contributed by atoms with Crippen molar-refractivity contribution in [2.45, 2.75) is 83.6 Å². The van der Waals surface area contributed by atoms with Crippen molar-refractivity contribution in [3.8, 4) is 0 Å². The Labute approximate surface area is 154 Å². The summed E-state index contributed by atoms with van der Waals surface area (Å²) in [4.78, 5) is 0.720. The van der Waals surface area contributed by atoms with Crippen LogP contribution in [0.15, 0.2) is 40.1 Å². The lowest BCUT2D eigenvalue weighted by Gasteiger charge is -2.21. The third kappa shape index (κ3) is 6.59. The van der Waals surface area contributed by atoms with Gasteiger partial charge in [-0.1, -0.05) is 64.2 Å². The average Bonchev–Trinajstić information content (AvgIpc) is 2.59. The van der Waals surface area contributed by atoms with Crippen molar-refractivity contribution < 1.29 is 13.5 Å². The summed E-state index contributed by atoms with van der Waals surface area (Å²) in [6.07, 6.45) is 7.01. The molecule has 4 heteroatoms. The molecule has 1 N–H and O–H groups in total. The van der Waals surface area contributed by atoms with Gasteiger partial charge < -0.3 is 5.11 Å². The van der Waals surface area contributed by atoms with E-state index in [0.29, 0.717) is 16.2 Å². The molecule has 0 saturated carbocycles. The fourth-order valence-corrected chi connectivity index (χ4v) is 4.81. The number of hydrogen-bond donors (Lipinski definition) is 1. The molecule has 25 heavy (non-hydrogen) atoms. The van der Waals surface area contributed by atoms with Gasteiger partial charge in [0, 0.05) is 0 Å². The van der Waals surface area contributed by atoms with Crippen molar-refractivity contribution >= 4 is 9.84 Å². The fourth-order valence-electron chi connectivity index (χ4n) is 2.98. The van der Waals surface area contributed by atoms with E-state index >= 15 is 0 Å². The second kappa shape index (κ2) is 10.8. The Morgan fingerprint density at radius 3 is 2.12 bits per heavy atom. The summed E-state index contributed by atoms with van der Waals surface area (Å²) < 4.78 is 26.5. The van der Waals surface area contributed by atoms with Crippen LogP contribution in [0, 0.1) is 12.8 Å². The van der Waals surface area contributed by atoms with Crippen LogP contribution in [0.3, 0.4) is 0 Å². The number of rotatable bonds is 11. The molecule has 0 aliphatic carbocycles. The van der Waals surface area contributed by atoms with Gasteiger partial charge in [0.25, 0.3) is 0 Å². The van der Waals surface area contributed by atoms with Crippen LogP contribution in [0.25, 0.3) is 0 Å².